The normalized spacial score (nSPS) is 11.6. The summed E-state index contributed by atoms with van der Waals surface area (Å²) in [6.45, 7) is 3.64. The molecule has 1 aromatic heterocycles. The van der Waals surface area contributed by atoms with Gasteiger partial charge in [-0.1, -0.05) is 6.07 Å². The van der Waals surface area contributed by atoms with E-state index in [0.29, 0.717) is 11.4 Å². The predicted octanol–water partition coefficient (Wildman–Crippen LogP) is 1.95. The number of anilines is 1. The lowest BCUT2D eigenvalue weighted by molar-refractivity contribution is 0.277. The first-order valence-electron chi connectivity index (χ1n) is 6.20. The molecular formula is C14H18N2O3S. The van der Waals surface area contributed by atoms with E-state index in [-0.39, 0.29) is 11.5 Å². The third kappa shape index (κ3) is 2.71. The van der Waals surface area contributed by atoms with Crippen LogP contribution in [0.4, 0.5) is 5.69 Å². The number of aliphatic hydroxyl groups excluding tert-OH is 1. The van der Waals surface area contributed by atoms with Crippen LogP contribution in [0, 0.1) is 13.8 Å². The number of nitrogens with zero attached hydrogens (tertiary/aromatic N) is 1. The second kappa shape index (κ2) is 5.30. The third-order valence-corrected chi connectivity index (χ3v) is 4.88. The summed E-state index contributed by atoms with van der Waals surface area (Å²) in [5.74, 6) is 0. The highest BCUT2D eigenvalue weighted by Crippen LogP contribution is 2.24. The largest absolute Gasteiger partial charge is 0.390 e. The fourth-order valence-corrected chi connectivity index (χ4v) is 3.29. The standard InChI is InChI=1S/C14H18N2O3S/c1-10-4-11(2)6-13(5-10)16(3)20(18,19)14-7-12(9-17)15-8-14/h4-8,15,17H,9H2,1-3H3. The van der Waals surface area contributed by atoms with E-state index in [4.69, 9.17) is 5.11 Å². The number of hydrogen-bond donors (Lipinski definition) is 2. The fourth-order valence-electron chi connectivity index (χ4n) is 2.09. The van der Waals surface area contributed by atoms with Crippen molar-refractivity contribution in [1.82, 2.24) is 4.98 Å². The van der Waals surface area contributed by atoms with Crippen molar-refractivity contribution in [3.05, 3.63) is 47.3 Å². The molecule has 0 aliphatic heterocycles. The van der Waals surface area contributed by atoms with Crippen molar-refractivity contribution in [2.45, 2.75) is 25.3 Å². The Balaban J connectivity index is 2.42. The molecule has 0 bridgehead atoms. The maximum atomic E-state index is 12.5. The number of aryl methyl sites for hydroxylation is 2. The zero-order chi connectivity index (χ0) is 14.9. The molecule has 0 spiro atoms. The number of aliphatic hydroxyl groups is 1. The molecule has 6 heteroatoms. The minimum Gasteiger partial charge on any atom is -0.390 e. The molecule has 20 heavy (non-hydrogen) atoms. The summed E-state index contributed by atoms with van der Waals surface area (Å²) in [4.78, 5) is 2.88. The smallest absolute Gasteiger partial charge is 0.265 e. The van der Waals surface area contributed by atoms with Crippen molar-refractivity contribution < 1.29 is 13.5 Å². The molecule has 0 atom stereocenters. The molecule has 0 saturated carbocycles. The maximum Gasteiger partial charge on any atom is 0.265 e. The number of hydrogen-bond acceptors (Lipinski definition) is 3. The van der Waals surface area contributed by atoms with Gasteiger partial charge in [-0.3, -0.25) is 4.31 Å². The van der Waals surface area contributed by atoms with E-state index in [1.54, 1.807) is 0 Å². The van der Waals surface area contributed by atoms with Crippen molar-refractivity contribution in [2.75, 3.05) is 11.4 Å². The molecule has 5 nitrogen and oxygen atoms in total. The number of benzene rings is 1. The van der Waals surface area contributed by atoms with Gasteiger partial charge in [-0.2, -0.15) is 0 Å². The van der Waals surface area contributed by atoms with Gasteiger partial charge < -0.3 is 10.1 Å². The van der Waals surface area contributed by atoms with E-state index in [2.05, 4.69) is 4.98 Å². The Labute approximate surface area is 118 Å². The number of H-pyrrole nitrogens is 1. The monoisotopic (exact) mass is 294 g/mol. The van der Waals surface area contributed by atoms with Crippen LogP contribution in [0.2, 0.25) is 0 Å². The molecule has 0 amide bonds. The molecule has 1 heterocycles. The van der Waals surface area contributed by atoms with Crippen LogP contribution in [0.15, 0.2) is 35.4 Å². The van der Waals surface area contributed by atoms with Crippen LogP contribution >= 0.6 is 0 Å². The lowest BCUT2D eigenvalue weighted by Gasteiger charge is -2.19. The van der Waals surface area contributed by atoms with Gasteiger partial charge in [0, 0.05) is 18.9 Å². The average molecular weight is 294 g/mol. The molecule has 0 saturated heterocycles. The van der Waals surface area contributed by atoms with Crippen molar-refractivity contribution in [3.8, 4) is 0 Å². The fraction of sp³-hybridized carbons (Fsp3) is 0.286. The molecule has 1 aromatic carbocycles. The van der Waals surface area contributed by atoms with Gasteiger partial charge in [0.15, 0.2) is 0 Å². The predicted molar refractivity (Wildman–Crippen MR) is 78.2 cm³/mol. The SMILES string of the molecule is Cc1cc(C)cc(N(C)S(=O)(=O)c2c[nH]c(CO)c2)c1. The molecule has 2 aromatic rings. The first-order valence-corrected chi connectivity index (χ1v) is 7.64. The summed E-state index contributed by atoms with van der Waals surface area (Å²) in [7, 11) is -2.10. The van der Waals surface area contributed by atoms with Gasteiger partial charge in [0.2, 0.25) is 0 Å². The lowest BCUT2D eigenvalue weighted by Crippen LogP contribution is -2.26. The van der Waals surface area contributed by atoms with Crippen molar-refractivity contribution in [1.29, 1.82) is 0 Å². The van der Waals surface area contributed by atoms with Crippen molar-refractivity contribution in [2.24, 2.45) is 0 Å². The van der Waals surface area contributed by atoms with Crippen LogP contribution in [-0.4, -0.2) is 25.6 Å². The highest BCUT2D eigenvalue weighted by Gasteiger charge is 2.22. The van der Waals surface area contributed by atoms with E-state index in [1.165, 1.54) is 23.6 Å². The van der Waals surface area contributed by atoms with Crippen molar-refractivity contribution >= 4 is 15.7 Å². The first kappa shape index (κ1) is 14.6. The minimum atomic E-state index is -3.62. The number of sulfonamides is 1. The molecule has 0 fully saturated rings. The average Bonchev–Trinajstić information content (AvgIpc) is 2.86. The highest BCUT2D eigenvalue weighted by atomic mass is 32.2. The maximum absolute atomic E-state index is 12.5. The van der Waals surface area contributed by atoms with Crippen LogP contribution in [0.1, 0.15) is 16.8 Å². The van der Waals surface area contributed by atoms with Gasteiger partial charge in [0.05, 0.1) is 12.3 Å². The van der Waals surface area contributed by atoms with Crippen LogP contribution in [-0.2, 0) is 16.6 Å². The Kier molecular flexibility index (Phi) is 3.87. The van der Waals surface area contributed by atoms with Gasteiger partial charge in [0.25, 0.3) is 10.0 Å². The molecule has 2 rings (SSSR count). The third-order valence-electron chi connectivity index (χ3n) is 3.12. The number of nitrogens with one attached hydrogen (secondary N) is 1. The second-order valence-corrected chi connectivity index (χ2v) is 6.81. The zero-order valence-electron chi connectivity index (χ0n) is 11.7. The van der Waals surface area contributed by atoms with Gasteiger partial charge in [-0.05, 0) is 43.2 Å². The van der Waals surface area contributed by atoms with E-state index < -0.39 is 10.0 Å². The van der Waals surface area contributed by atoms with E-state index in [1.807, 2.05) is 32.0 Å². The summed E-state index contributed by atoms with van der Waals surface area (Å²) in [5, 5.41) is 9.01. The summed E-state index contributed by atoms with van der Waals surface area (Å²) < 4.78 is 26.3. The quantitative estimate of drug-likeness (QED) is 0.905. The first-order chi connectivity index (χ1) is 9.34. The van der Waals surface area contributed by atoms with Gasteiger partial charge in [-0.15, -0.1) is 0 Å². The molecule has 108 valence electrons. The number of aromatic nitrogens is 1. The van der Waals surface area contributed by atoms with Crippen molar-refractivity contribution in [3.63, 3.8) is 0 Å². The van der Waals surface area contributed by atoms with Crippen LogP contribution in [0.5, 0.6) is 0 Å². The van der Waals surface area contributed by atoms with Crippen LogP contribution < -0.4 is 4.31 Å². The molecule has 2 N–H and O–H groups in total. The van der Waals surface area contributed by atoms with Gasteiger partial charge in [0.1, 0.15) is 4.90 Å². The highest BCUT2D eigenvalue weighted by molar-refractivity contribution is 7.92. The van der Waals surface area contributed by atoms with E-state index >= 15 is 0 Å². The molecular weight excluding hydrogens is 276 g/mol. The topological polar surface area (TPSA) is 73.4 Å². The van der Waals surface area contributed by atoms with E-state index in [9.17, 15) is 8.42 Å². The Morgan fingerprint density at radius 1 is 1.15 bits per heavy atom. The lowest BCUT2D eigenvalue weighted by atomic mass is 10.1. The van der Waals surface area contributed by atoms with E-state index in [0.717, 1.165) is 11.1 Å². The van der Waals surface area contributed by atoms with Crippen LogP contribution in [0.25, 0.3) is 0 Å². The summed E-state index contributed by atoms with van der Waals surface area (Å²) in [5.41, 5.74) is 3.10. The molecule has 0 aliphatic carbocycles. The summed E-state index contributed by atoms with van der Waals surface area (Å²) in [6.07, 6.45) is 1.39. The minimum absolute atomic E-state index is 0.142. The Morgan fingerprint density at radius 3 is 2.25 bits per heavy atom. The number of aromatic amines is 1. The zero-order valence-corrected chi connectivity index (χ0v) is 12.5. The number of rotatable bonds is 4. The second-order valence-electron chi connectivity index (χ2n) is 4.84. The Bertz CT molecular complexity index is 700. The Hall–Kier alpha value is -1.79. The summed E-state index contributed by atoms with van der Waals surface area (Å²) >= 11 is 0. The van der Waals surface area contributed by atoms with Gasteiger partial charge in [-0.25, -0.2) is 8.42 Å². The summed E-state index contributed by atoms with van der Waals surface area (Å²) in [6, 6.07) is 7.08. The molecule has 0 aliphatic rings. The molecule has 0 radical (unpaired) electrons. The van der Waals surface area contributed by atoms with Gasteiger partial charge >= 0.3 is 0 Å². The van der Waals surface area contributed by atoms with Crippen LogP contribution in [0.3, 0.4) is 0 Å². The molecule has 0 unspecified atom stereocenters. The Morgan fingerprint density at radius 2 is 1.75 bits per heavy atom.